The summed E-state index contributed by atoms with van der Waals surface area (Å²) < 4.78 is 4.82. The largest absolute Gasteiger partial charge is 0.451 e. The van der Waals surface area contributed by atoms with Crippen LogP contribution in [0.25, 0.3) is 0 Å². The van der Waals surface area contributed by atoms with E-state index in [1.807, 2.05) is 0 Å². The number of carbonyl (C=O) groups is 1. The van der Waals surface area contributed by atoms with Crippen LogP contribution in [0.5, 0.6) is 0 Å². The maximum atomic E-state index is 10.6. The molecule has 72 valence electrons. The average molecular weight is 185 g/mol. The van der Waals surface area contributed by atoms with Gasteiger partial charge in [-0.25, -0.2) is 0 Å². The Morgan fingerprint density at radius 1 is 1.77 bits per heavy atom. The molecule has 1 atom stereocenters. The molecule has 1 aliphatic carbocycles. The molecule has 0 bridgehead atoms. The molecule has 0 N–H and O–H groups in total. The topological polar surface area (TPSA) is 69.4 Å². The number of hydrogen-bond donors (Lipinski definition) is 0. The van der Waals surface area contributed by atoms with Crippen molar-refractivity contribution < 1.29 is 14.5 Å². The fourth-order valence-electron chi connectivity index (χ4n) is 1.34. The number of ether oxygens (including phenoxy) is 1. The fourth-order valence-corrected chi connectivity index (χ4v) is 1.34. The second-order valence-corrected chi connectivity index (χ2v) is 2.92. The number of rotatable bonds is 2. The van der Waals surface area contributed by atoms with Crippen molar-refractivity contribution in [3.05, 3.63) is 21.9 Å². The van der Waals surface area contributed by atoms with Crippen LogP contribution in [0.3, 0.4) is 0 Å². The van der Waals surface area contributed by atoms with Crippen LogP contribution in [-0.4, -0.2) is 17.0 Å². The van der Waals surface area contributed by atoms with Gasteiger partial charge in [-0.15, -0.1) is 0 Å². The van der Waals surface area contributed by atoms with E-state index < -0.39 is 17.0 Å². The Balaban J connectivity index is 2.70. The Kier molecular flexibility index (Phi) is 3.00. The summed E-state index contributed by atoms with van der Waals surface area (Å²) in [5, 5.41) is 10.5. The second kappa shape index (κ2) is 4.02. The maximum absolute atomic E-state index is 10.6. The van der Waals surface area contributed by atoms with Gasteiger partial charge < -0.3 is 4.74 Å². The number of nitrogens with zero attached hydrogens (tertiary/aromatic N) is 1. The number of nitro groups is 1. The first-order chi connectivity index (χ1) is 6.11. The maximum Gasteiger partial charge on any atom is 0.303 e. The van der Waals surface area contributed by atoms with Gasteiger partial charge in [0.1, 0.15) is 0 Å². The summed E-state index contributed by atoms with van der Waals surface area (Å²) in [6, 6.07) is 0. The molecular weight excluding hydrogens is 174 g/mol. The Labute approximate surface area is 75.5 Å². The van der Waals surface area contributed by atoms with Gasteiger partial charge in [0.15, 0.2) is 6.10 Å². The van der Waals surface area contributed by atoms with Crippen molar-refractivity contribution in [2.75, 3.05) is 0 Å². The molecule has 5 heteroatoms. The van der Waals surface area contributed by atoms with Crippen LogP contribution in [0.1, 0.15) is 26.2 Å². The number of allylic oxidation sites excluding steroid dienone is 1. The van der Waals surface area contributed by atoms with Gasteiger partial charge >= 0.3 is 5.97 Å². The molecule has 0 spiro atoms. The van der Waals surface area contributed by atoms with E-state index in [0.29, 0.717) is 12.8 Å². The quantitative estimate of drug-likeness (QED) is 0.369. The Morgan fingerprint density at radius 3 is 3.00 bits per heavy atom. The summed E-state index contributed by atoms with van der Waals surface area (Å²) in [6.45, 7) is 1.26. The molecule has 0 fully saturated rings. The van der Waals surface area contributed by atoms with Gasteiger partial charge in [0.2, 0.25) is 0 Å². The Hall–Kier alpha value is -1.39. The summed E-state index contributed by atoms with van der Waals surface area (Å²) >= 11 is 0. The zero-order valence-electron chi connectivity index (χ0n) is 7.36. The van der Waals surface area contributed by atoms with Crippen molar-refractivity contribution in [3.63, 3.8) is 0 Å². The Morgan fingerprint density at radius 2 is 2.46 bits per heavy atom. The highest BCUT2D eigenvalue weighted by Crippen LogP contribution is 2.21. The lowest BCUT2D eigenvalue weighted by Crippen LogP contribution is -2.25. The van der Waals surface area contributed by atoms with E-state index in [-0.39, 0.29) is 5.70 Å². The van der Waals surface area contributed by atoms with Crippen LogP contribution in [-0.2, 0) is 9.53 Å². The fraction of sp³-hybridized carbons (Fsp3) is 0.625. The van der Waals surface area contributed by atoms with E-state index in [0.717, 1.165) is 6.42 Å². The molecule has 0 aromatic heterocycles. The van der Waals surface area contributed by atoms with Crippen LogP contribution < -0.4 is 0 Å². The molecule has 13 heavy (non-hydrogen) atoms. The van der Waals surface area contributed by atoms with Gasteiger partial charge in [0.25, 0.3) is 5.70 Å². The van der Waals surface area contributed by atoms with Gasteiger partial charge in [-0.2, -0.15) is 0 Å². The van der Waals surface area contributed by atoms with Crippen molar-refractivity contribution in [2.45, 2.75) is 32.3 Å². The van der Waals surface area contributed by atoms with Gasteiger partial charge in [0.05, 0.1) is 4.92 Å². The first-order valence-electron chi connectivity index (χ1n) is 4.13. The average Bonchev–Trinajstić information content (AvgIpc) is 2.03. The zero-order valence-corrected chi connectivity index (χ0v) is 7.36. The van der Waals surface area contributed by atoms with Crippen LogP contribution in [0, 0.1) is 10.1 Å². The molecule has 0 aromatic carbocycles. The standard InChI is InChI=1S/C8H11NO4/c1-6(10)13-8-5-3-2-4-7(8)9(11)12/h4,8H,2-3,5H2,1H3. The molecule has 0 amide bonds. The lowest BCUT2D eigenvalue weighted by Gasteiger charge is -2.17. The molecular formula is C8H11NO4. The van der Waals surface area contributed by atoms with Gasteiger partial charge in [0, 0.05) is 6.92 Å². The van der Waals surface area contributed by atoms with Crippen LogP contribution in [0.2, 0.25) is 0 Å². The van der Waals surface area contributed by atoms with Gasteiger partial charge in [-0.05, 0) is 25.3 Å². The Bertz CT molecular complexity index is 259. The van der Waals surface area contributed by atoms with E-state index in [4.69, 9.17) is 4.74 Å². The third-order valence-electron chi connectivity index (χ3n) is 1.87. The van der Waals surface area contributed by atoms with E-state index >= 15 is 0 Å². The van der Waals surface area contributed by atoms with Crippen LogP contribution in [0.4, 0.5) is 0 Å². The molecule has 0 saturated heterocycles. The summed E-state index contributed by atoms with van der Waals surface area (Å²) in [7, 11) is 0. The molecule has 0 aromatic rings. The third-order valence-corrected chi connectivity index (χ3v) is 1.87. The normalized spacial score (nSPS) is 21.9. The van der Waals surface area contributed by atoms with Crippen molar-refractivity contribution in [1.82, 2.24) is 0 Å². The SMILES string of the molecule is CC(=O)OC1CCCC=C1[N+](=O)[O-]. The van der Waals surface area contributed by atoms with E-state index in [1.54, 1.807) is 0 Å². The highest BCUT2D eigenvalue weighted by molar-refractivity contribution is 5.66. The minimum Gasteiger partial charge on any atom is -0.451 e. The monoisotopic (exact) mass is 185 g/mol. The predicted molar refractivity (Wildman–Crippen MR) is 44.5 cm³/mol. The van der Waals surface area contributed by atoms with Gasteiger partial charge in [-0.3, -0.25) is 14.9 Å². The third kappa shape index (κ3) is 2.54. The molecule has 1 aliphatic rings. The zero-order chi connectivity index (χ0) is 9.84. The van der Waals surface area contributed by atoms with E-state index in [9.17, 15) is 14.9 Å². The summed E-state index contributed by atoms with van der Waals surface area (Å²) in [5.74, 6) is -0.473. The van der Waals surface area contributed by atoms with Crippen molar-refractivity contribution in [1.29, 1.82) is 0 Å². The molecule has 0 saturated carbocycles. The van der Waals surface area contributed by atoms with Crippen molar-refractivity contribution >= 4 is 5.97 Å². The minimum absolute atomic E-state index is 0.0152. The number of carbonyl (C=O) groups excluding carboxylic acids is 1. The lowest BCUT2D eigenvalue weighted by molar-refractivity contribution is -0.437. The van der Waals surface area contributed by atoms with Crippen molar-refractivity contribution in [3.8, 4) is 0 Å². The predicted octanol–water partition coefficient (Wildman–Crippen LogP) is 1.26. The number of esters is 1. The minimum atomic E-state index is -0.652. The van der Waals surface area contributed by atoms with E-state index in [2.05, 4.69) is 0 Å². The summed E-state index contributed by atoms with van der Waals surface area (Å²) in [6.07, 6.45) is 2.94. The summed E-state index contributed by atoms with van der Waals surface area (Å²) in [5.41, 5.74) is 0.0152. The second-order valence-electron chi connectivity index (χ2n) is 2.92. The highest BCUT2D eigenvalue weighted by Gasteiger charge is 2.29. The van der Waals surface area contributed by atoms with Crippen molar-refractivity contribution in [2.24, 2.45) is 0 Å². The van der Waals surface area contributed by atoms with Gasteiger partial charge in [-0.1, -0.05) is 0 Å². The molecule has 1 rings (SSSR count). The molecule has 0 heterocycles. The smallest absolute Gasteiger partial charge is 0.303 e. The number of hydrogen-bond acceptors (Lipinski definition) is 4. The first kappa shape index (κ1) is 9.70. The molecule has 5 nitrogen and oxygen atoms in total. The summed E-state index contributed by atoms with van der Waals surface area (Å²) in [4.78, 5) is 20.6. The first-order valence-corrected chi connectivity index (χ1v) is 4.13. The molecule has 0 radical (unpaired) electrons. The highest BCUT2D eigenvalue weighted by atomic mass is 16.6. The van der Waals surface area contributed by atoms with E-state index in [1.165, 1.54) is 13.0 Å². The molecule has 0 aliphatic heterocycles. The van der Waals surface area contributed by atoms with Crippen LogP contribution >= 0.6 is 0 Å². The van der Waals surface area contributed by atoms with Crippen LogP contribution in [0.15, 0.2) is 11.8 Å². The molecule has 1 unspecified atom stereocenters. The lowest BCUT2D eigenvalue weighted by atomic mass is 10.0.